The largest absolute Gasteiger partial charge is 0.369 e. The molecule has 1 heterocycles. The van der Waals surface area contributed by atoms with Crippen LogP contribution >= 0.6 is 11.6 Å². The van der Waals surface area contributed by atoms with Crippen molar-refractivity contribution in [2.75, 3.05) is 31.1 Å². The van der Waals surface area contributed by atoms with Gasteiger partial charge in [0.1, 0.15) is 4.90 Å². The van der Waals surface area contributed by atoms with Crippen molar-refractivity contribution in [2.45, 2.75) is 4.90 Å². The lowest BCUT2D eigenvalue weighted by Gasteiger charge is -2.35. The zero-order chi connectivity index (χ0) is 17.2. The van der Waals surface area contributed by atoms with Crippen LogP contribution in [0.4, 0.5) is 5.69 Å². The van der Waals surface area contributed by atoms with Gasteiger partial charge in [0.15, 0.2) is 0 Å². The van der Waals surface area contributed by atoms with Crippen LogP contribution in [0.3, 0.4) is 0 Å². The molecule has 0 aliphatic carbocycles. The minimum Gasteiger partial charge on any atom is -0.369 e. The number of rotatable bonds is 3. The van der Waals surface area contributed by atoms with Gasteiger partial charge in [-0.05, 0) is 30.3 Å². The monoisotopic (exact) mass is 361 g/mol. The van der Waals surface area contributed by atoms with Crippen molar-refractivity contribution < 1.29 is 8.42 Å². The van der Waals surface area contributed by atoms with E-state index in [1.807, 2.05) is 18.2 Å². The van der Waals surface area contributed by atoms with Crippen molar-refractivity contribution in [3.63, 3.8) is 0 Å². The number of hydrogen-bond donors (Lipinski definition) is 0. The standard InChI is InChI=1S/C17H16ClN3O2S/c18-16-6-1-2-7-17(16)24(22,23)21-10-8-20(9-11-21)15-5-3-4-14(12-15)13-19/h1-7,12H,8-11H2. The number of nitriles is 1. The van der Waals surface area contributed by atoms with Crippen LogP contribution in [0.1, 0.15) is 5.56 Å². The molecule has 0 aromatic heterocycles. The van der Waals surface area contributed by atoms with Crippen LogP contribution in [0.15, 0.2) is 53.4 Å². The predicted octanol–water partition coefficient (Wildman–Crippen LogP) is 2.72. The maximum atomic E-state index is 12.7. The summed E-state index contributed by atoms with van der Waals surface area (Å²) in [5.74, 6) is 0. The molecule has 0 amide bonds. The van der Waals surface area contributed by atoms with Crippen molar-refractivity contribution in [1.29, 1.82) is 5.26 Å². The molecular weight excluding hydrogens is 346 g/mol. The molecule has 0 saturated carbocycles. The number of nitrogens with zero attached hydrogens (tertiary/aromatic N) is 3. The van der Waals surface area contributed by atoms with Gasteiger partial charge >= 0.3 is 0 Å². The molecule has 2 aromatic carbocycles. The molecule has 0 radical (unpaired) electrons. The molecule has 7 heteroatoms. The Morgan fingerprint density at radius 3 is 2.38 bits per heavy atom. The van der Waals surface area contributed by atoms with E-state index in [1.54, 1.807) is 24.3 Å². The maximum absolute atomic E-state index is 12.7. The molecule has 1 fully saturated rings. The molecule has 124 valence electrons. The minimum atomic E-state index is -3.59. The van der Waals surface area contributed by atoms with E-state index in [1.165, 1.54) is 10.4 Å². The first-order valence-corrected chi connectivity index (χ1v) is 9.34. The van der Waals surface area contributed by atoms with Gasteiger partial charge in [-0.3, -0.25) is 0 Å². The van der Waals surface area contributed by atoms with E-state index in [2.05, 4.69) is 11.0 Å². The lowest BCUT2D eigenvalue weighted by atomic mass is 10.2. The number of hydrogen-bond acceptors (Lipinski definition) is 4. The molecule has 1 saturated heterocycles. The summed E-state index contributed by atoms with van der Waals surface area (Å²) in [5, 5.41) is 9.23. The molecule has 2 aromatic rings. The van der Waals surface area contributed by atoms with Crippen molar-refractivity contribution in [1.82, 2.24) is 4.31 Å². The van der Waals surface area contributed by atoms with Crippen LogP contribution in [0.5, 0.6) is 0 Å². The van der Waals surface area contributed by atoms with Gasteiger partial charge in [0.2, 0.25) is 10.0 Å². The van der Waals surface area contributed by atoms with E-state index < -0.39 is 10.0 Å². The van der Waals surface area contributed by atoms with E-state index >= 15 is 0 Å². The van der Waals surface area contributed by atoms with E-state index in [4.69, 9.17) is 16.9 Å². The molecule has 24 heavy (non-hydrogen) atoms. The fraction of sp³-hybridized carbons (Fsp3) is 0.235. The summed E-state index contributed by atoms with van der Waals surface area (Å²) >= 11 is 6.04. The van der Waals surface area contributed by atoms with Gasteiger partial charge in [0.05, 0.1) is 16.7 Å². The Balaban J connectivity index is 1.75. The minimum absolute atomic E-state index is 0.145. The molecule has 0 unspecified atom stereocenters. The van der Waals surface area contributed by atoms with E-state index in [9.17, 15) is 8.42 Å². The molecule has 3 rings (SSSR count). The van der Waals surface area contributed by atoms with Gasteiger partial charge in [-0.25, -0.2) is 8.42 Å². The zero-order valence-electron chi connectivity index (χ0n) is 12.9. The number of halogens is 1. The second-order valence-corrected chi connectivity index (χ2v) is 7.80. The Morgan fingerprint density at radius 1 is 1.00 bits per heavy atom. The molecule has 0 N–H and O–H groups in total. The van der Waals surface area contributed by atoms with Crippen LogP contribution in [0.2, 0.25) is 5.02 Å². The van der Waals surface area contributed by atoms with E-state index in [-0.39, 0.29) is 9.92 Å². The number of benzene rings is 2. The Kier molecular flexibility index (Phi) is 4.76. The topological polar surface area (TPSA) is 64.4 Å². The van der Waals surface area contributed by atoms with Gasteiger partial charge < -0.3 is 4.90 Å². The zero-order valence-corrected chi connectivity index (χ0v) is 14.5. The predicted molar refractivity (Wildman–Crippen MR) is 93.6 cm³/mol. The number of anilines is 1. The van der Waals surface area contributed by atoms with Gasteiger partial charge in [-0.1, -0.05) is 29.8 Å². The van der Waals surface area contributed by atoms with E-state index in [0.717, 1.165) is 5.69 Å². The highest BCUT2D eigenvalue weighted by atomic mass is 35.5. The first kappa shape index (κ1) is 16.8. The summed E-state index contributed by atoms with van der Waals surface area (Å²) in [7, 11) is -3.59. The second-order valence-electron chi connectivity index (χ2n) is 5.48. The second kappa shape index (κ2) is 6.81. The molecular formula is C17H16ClN3O2S. The molecule has 1 aliphatic heterocycles. The average Bonchev–Trinajstić information content (AvgIpc) is 2.62. The third kappa shape index (κ3) is 3.24. The highest BCUT2D eigenvalue weighted by Crippen LogP contribution is 2.26. The maximum Gasteiger partial charge on any atom is 0.244 e. The first-order chi connectivity index (χ1) is 11.5. The normalized spacial score (nSPS) is 15.9. The first-order valence-electron chi connectivity index (χ1n) is 7.52. The summed E-state index contributed by atoms with van der Waals surface area (Å²) in [4.78, 5) is 2.23. The van der Waals surface area contributed by atoms with Crippen LogP contribution in [-0.4, -0.2) is 38.9 Å². The summed E-state index contributed by atoms with van der Waals surface area (Å²) in [6.45, 7) is 1.89. The Labute approximate surface area is 146 Å². The quantitative estimate of drug-likeness (QED) is 0.843. The molecule has 1 aliphatic rings. The Hall–Kier alpha value is -2.07. The third-order valence-corrected chi connectivity index (χ3v) is 6.43. The van der Waals surface area contributed by atoms with Gasteiger partial charge in [0, 0.05) is 31.9 Å². The lowest BCUT2D eigenvalue weighted by molar-refractivity contribution is 0.385. The van der Waals surface area contributed by atoms with Crippen molar-refractivity contribution in [2.24, 2.45) is 0 Å². The summed E-state index contributed by atoms with van der Waals surface area (Å²) in [6, 6.07) is 15.9. The van der Waals surface area contributed by atoms with Crippen LogP contribution in [-0.2, 0) is 10.0 Å². The highest BCUT2D eigenvalue weighted by Gasteiger charge is 2.29. The van der Waals surface area contributed by atoms with Gasteiger partial charge in [0.25, 0.3) is 0 Å². The van der Waals surface area contributed by atoms with Crippen molar-refractivity contribution in [3.05, 3.63) is 59.1 Å². The highest BCUT2D eigenvalue weighted by molar-refractivity contribution is 7.89. The Morgan fingerprint density at radius 2 is 1.71 bits per heavy atom. The van der Waals surface area contributed by atoms with Gasteiger partial charge in [-0.15, -0.1) is 0 Å². The van der Waals surface area contributed by atoms with Crippen molar-refractivity contribution >= 4 is 27.3 Å². The summed E-state index contributed by atoms with van der Waals surface area (Å²) < 4.78 is 26.9. The molecule has 0 bridgehead atoms. The third-order valence-electron chi connectivity index (χ3n) is 4.03. The van der Waals surface area contributed by atoms with Crippen molar-refractivity contribution in [3.8, 4) is 6.07 Å². The molecule has 0 spiro atoms. The SMILES string of the molecule is N#Cc1cccc(N2CCN(S(=O)(=O)c3ccccc3Cl)CC2)c1. The number of sulfonamides is 1. The Bertz CT molecular complexity index is 885. The molecule has 5 nitrogen and oxygen atoms in total. The van der Waals surface area contributed by atoms with Crippen LogP contribution in [0.25, 0.3) is 0 Å². The van der Waals surface area contributed by atoms with Crippen LogP contribution < -0.4 is 4.90 Å². The molecule has 0 atom stereocenters. The van der Waals surface area contributed by atoms with Crippen LogP contribution in [0, 0.1) is 11.3 Å². The average molecular weight is 362 g/mol. The summed E-state index contributed by atoms with van der Waals surface area (Å²) in [6.07, 6.45) is 0. The van der Waals surface area contributed by atoms with Gasteiger partial charge in [-0.2, -0.15) is 9.57 Å². The fourth-order valence-corrected chi connectivity index (χ4v) is 4.67. The number of piperazine rings is 1. The summed E-state index contributed by atoms with van der Waals surface area (Å²) in [5.41, 5.74) is 1.53. The van der Waals surface area contributed by atoms with E-state index in [0.29, 0.717) is 31.7 Å². The smallest absolute Gasteiger partial charge is 0.244 e. The fourth-order valence-electron chi connectivity index (χ4n) is 2.75. The lowest BCUT2D eigenvalue weighted by Crippen LogP contribution is -2.48.